The molecule has 9 heavy (non-hydrogen) atoms. The lowest BCUT2D eigenvalue weighted by Crippen LogP contribution is -2.22. The van der Waals surface area contributed by atoms with Crippen molar-refractivity contribution in [1.29, 1.82) is 0 Å². The minimum atomic E-state index is 0.870. The molecule has 0 aromatic carbocycles. The van der Waals surface area contributed by atoms with Gasteiger partial charge in [-0.25, -0.2) is 0 Å². The fraction of sp³-hybridized carbons (Fsp3) is 1.00. The quantitative estimate of drug-likeness (QED) is 0.459. The van der Waals surface area contributed by atoms with E-state index in [1.165, 1.54) is 17.8 Å². The van der Waals surface area contributed by atoms with Crippen LogP contribution in [0.1, 0.15) is 26.2 Å². The molecule has 0 aromatic heterocycles. The zero-order valence-corrected chi connectivity index (χ0v) is 5.85. The van der Waals surface area contributed by atoms with Crippen molar-refractivity contribution in [3.63, 3.8) is 0 Å². The first kappa shape index (κ1) is 4.00. The number of hydrogen-bond acceptors (Lipinski definition) is 0. The van der Waals surface area contributed by atoms with Crippen LogP contribution in [0.5, 0.6) is 0 Å². The number of hydrogen-bond donors (Lipinski definition) is 0. The Morgan fingerprint density at radius 1 is 1.22 bits per heavy atom. The molecular weight excluding hydrogens is 108 g/mol. The first-order chi connectivity index (χ1) is 4.26. The van der Waals surface area contributed by atoms with E-state index in [0.717, 1.165) is 10.8 Å². The van der Waals surface area contributed by atoms with E-state index >= 15 is 0 Å². The van der Waals surface area contributed by atoms with Crippen LogP contribution in [0, 0.1) is 28.6 Å². The van der Waals surface area contributed by atoms with E-state index in [0.29, 0.717) is 0 Å². The van der Waals surface area contributed by atoms with Crippen LogP contribution >= 0.6 is 0 Å². The second-order valence-electron chi connectivity index (χ2n) is 5.21. The summed E-state index contributed by atoms with van der Waals surface area (Å²) in [6.45, 7) is 2.53. The van der Waals surface area contributed by atoms with Crippen LogP contribution in [-0.2, 0) is 0 Å². The van der Waals surface area contributed by atoms with E-state index in [1.54, 1.807) is 19.3 Å². The minimum absolute atomic E-state index is 0.870. The fourth-order valence-electron chi connectivity index (χ4n) is 4.90. The lowest BCUT2D eigenvalue weighted by Gasteiger charge is -2.29. The highest BCUT2D eigenvalue weighted by Gasteiger charge is 2.89. The van der Waals surface area contributed by atoms with Crippen molar-refractivity contribution >= 4 is 0 Å². The van der Waals surface area contributed by atoms with Gasteiger partial charge in [-0.2, -0.15) is 0 Å². The molecule has 0 saturated heterocycles. The van der Waals surface area contributed by atoms with Crippen molar-refractivity contribution in [2.45, 2.75) is 26.2 Å². The van der Waals surface area contributed by atoms with Crippen molar-refractivity contribution < 1.29 is 0 Å². The third-order valence-electron chi connectivity index (χ3n) is 5.07. The van der Waals surface area contributed by atoms with Gasteiger partial charge >= 0.3 is 0 Å². The average Bonchev–Trinajstić information content (AvgIpc) is 2.08. The highest BCUT2D eigenvalue weighted by molar-refractivity contribution is 5.37. The van der Waals surface area contributed by atoms with Gasteiger partial charge in [0, 0.05) is 0 Å². The molecule has 0 N–H and O–H groups in total. The summed E-state index contributed by atoms with van der Waals surface area (Å²) < 4.78 is 0. The van der Waals surface area contributed by atoms with Crippen molar-refractivity contribution in [3.8, 4) is 0 Å². The molecular formula is C9H12. The summed E-state index contributed by atoms with van der Waals surface area (Å²) in [5.74, 6) is 3.72. The number of rotatable bonds is 0. The van der Waals surface area contributed by atoms with E-state index in [-0.39, 0.29) is 0 Å². The summed E-state index contributed by atoms with van der Waals surface area (Å²) in [4.78, 5) is 0. The van der Waals surface area contributed by atoms with Gasteiger partial charge in [-0.3, -0.25) is 0 Å². The van der Waals surface area contributed by atoms with Crippen molar-refractivity contribution in [1.82, 2.24) is 0 Å². The van der Waals surface area contributed by atoms with Gasteiger partial charge in [-0.1, -0.05) is 6.92 Å². The van der Waals surface area contributed by atoms with Crippen LogP contribution in [0.4, 0.5) is 0 Å². The third-order valence-corrected chi connectivity index (χ3v) is 5.07. The topological polar surface area (TPSA) is 0 Å². The predicted octanol–water partition coefficient (Wildman–Crippen LogP) is 2.05. The molecule has 0 heteroatoms. The van der Waals surface area contributed by atoms with Crippen molar-refractivity contribution in [2.75, 3.05) is 0 Å². The van der Waals surface area contributed by atoms with Crippen LogP contribution in [-0.4, -0.2) is 0 Å². The summed E-state index contributed by atoms with van der Waals surface area (Å²) in [7, 11) is 0. The Bertz CT molecular complexity index is 214. The molecule has 6 aliphatic carbocycles. The summed E-state index contributed by atoms with van der Waals surface area (Å²) in [6.07, 6.45) is 4.88. The highest BCUT2D eigenvalue weighted by atomic mass is 14.9. The Kier molecular flexibility index (Phi) is 0.302. The van der Waals surface area contributed by atoms with Gasteiger partial charge in [-0.15, -0.1) is 0 Å². The predicted molar refractivity (Wildman–Crippen MR) is 34.9 cm³/mol. The smallest absolute Gasteiger partial charge is 0.0224 e. The fourth-order valence-corrected chi connectivity index (χ4v) is 4.90. The molecule has 0 aromatic rings. The normalized spacial score (nSPS) is 87.0. The zero-order chi connectivity index (χ0) is 5.85. The molecule has 6 saturated carbocycles. The monoisotopic (exact) mass is 120 g/mol. The molecule has 1 unspecified atom stereocenters. The van der Waals surface area contributed by atoms with Crippen molar-refractivity contribution in [2.24, 2.45) is 28.6 Å². The molecule has 6 fully saturated rings. The van der Waals surface area contributed by atoms with Gasteiger partial charge in [0.25, 0.3) is 0 Å². The molecule has 1 spiro atoms. The summed E-state index contributed by atoms with van der Waals surface area (Å²) in [5, 5.41) is 0. The van der Waals surface area contributed by atoms with Gasteiger partial charge in [0.15, 0.2) is 0 Å². The molecule has 5 atom stereocenters. The highest BCUT2D eigenvalue weighted by Crippen LogP contribution is 2.96. The Balaban J connectivity index is 2.10. The van der Waals surface area contributed by atoms with E-state index in [9.17, 15) is 0 Å². The molecule has 0 nitrogen and oxygen atoms in total. The Morgan fingerprint density at radius 3 is 2.22 bits per heavy atom. The molecule has 0 radical (unpaired) electrons. The summed E-state index contributed by atoms with van der Waals surface area (Å²) >= 11 is 0. The largest absolute Gasteiger partial charge is 0.0593 e. The first-order valence-corrected chi connectivity index (χ1v) is 4.26. The van der Waals surface area contributed by atoms with Crippen LogP contribution < -0.4 is 0 Å². The van der Waals surface area contributed by atoms with Gasteiger partial charge in [0.2, 0.25) is 0 Å². The lowest BCUT2D eigenvalue weighted by molar-refractivity contribution is 0.197. The molecule has 0 aliphatic heterocycles. The maximum Gasteiger partial charge on any atom is -0.0224 e. The maximum absolute atomic E-state index is 2.53. The van der Waals surface area contributed by atoms with Gasteiger partial charge < -0.3 is 0 Å². The minimum Gasteiger partial charge on any atom is -0.0593 e. The molecule has 0 amide bonds. The molecule has 0 heterocycles. The van der Waals surface area contributed by atoms with Crippen LogP contribution in [0.15, 0.2) is 0 Å². The molecule has 48 valence electrons. The van der Waals surface area contributed by atoms with Crippen LogP contribution in [0.3, 0.4) is 0 Å². The molecule has 6 rings (SSSR count). The maximum atomic E-state index is 2.53. The Morgan fingerprint density at radius 2 is 2.11 bits per heavy atom. The average molecular weight is 120 g/mol. The van der Waals surface area contributed by atoms with Crippen LogP contribution in [0.25, 0.3) is 0 Å². The lowest BCUT2D eigenvalue weighted by atomic mass is 9.76. The Labute approximate surface area is 55.6 Å². The van der Waals surface area contributed by atoms with E-state index in [4.69, 9.17) is 0 Å². The SMILES string of the molecule is C[C@@]12C[C@H]3[C@@H]4C1C[C@]34C2. The molecule has 6 aliphatic rings. The summed E-state index contributed by atoms with van der Waals surface area (Å²) in [6, 6.07) is 0. The van der Waals surface area contributed by atoms with Crippen LogP contribution in [0.2, 0.25) is 0 Å². The van der Waals surface area contributed by atoms with E-state index in [1.807, 2.05) is 0 Å². The standard InChI is InChI=1S/C9H12/c1-8-2-6-7-5(8)3-9(6,7)4-8/h5-7H,2-4H2,1H3/t5?,6-,7-,8-,9-/m0/s1. The second kappa shape index (κ2) is 0.681. The van der Waals surface area contributed by atoms with Crippen molar-refractivity contribution in [3.05, 3.63) is 0 Å². The second-order valence-corrected chi connectivity index (χ2v) is 5.21. The van der Waals surface area contributed by atoms with E-state index in [2.05, 4.69) is 6.92 Å². The van der Waals surface area contributed by atoms with Gasteiger partial charge in [0.05, 0.1) is 0 Å². The molecule has 5 bridgehead atoms. The van der Waals surface area contributed by atoms with Gasteiger partial charge in [0.1, 0.15) is 0 Å². The van der Waals surface area contributed by atoms with Gasteiger partial charge in [-0.05, 0) is 47.8 Å². The summed E-state index contributed by atoms with van der Waals surface area (Å²) in [5.41, 5.74) is 1.87. The van der Waals surface area contributed by atoms with E-state index < -0.39 is 0 Å². The zero-order valence-electron chi connectivity index (χ0n) is 5.85. The third kappa shape index (κ3) is 0.180. The first-order valence-electron chi connectivity index (χ1n) is 4.26. The Hall–Kier alpha value is 0.